The van der Waals surface area contributed by atoms with Gasteiger partial charge < -0.3 is 19.5 Å². The van der Waals surface area contributed by atoms with Crippen LogP contribution in [-0.4, -0.2) is 63.4 Å². The van der Waals surface area contributed by atoms with E-state index < -0.39 is 0 Å². The molecule has 1 saturated carbocycles. The molecule has 28 heavy (non-hydrogen) atoms. The van der Waals surface area contributed by atoms with Gasteiger partial charge in [-0.15, -0.1) is 0 Å². The zero-order valence-electron chi connectivity index (χ0n) is 17.3. The molecule has 1 saturated heterocycles. The van der Waals surface area contributed by atoms with E-state index >= 15 is 0 Å². The zero-order chi connectivity index (χ0) is 19.8. The first kappa shape index (κ1) is 20.9. The van der Waals surface area contributed by atoms with E-state index in [9.17, 15) is 4.79 Å². The number of carbonyl (C=O) groups is 1. The van der Waals surface area contributed by atoms with Gasteiger partial charge in [-0.3, -0.25) is 9.69 Å². The highest BCUT2D eigenvalue weighted by Crippen LogP contribution is 2.34. The van der Waals surface area contributed by atoms with Gasteiger partial charge in [0.25, 0.3) is 0 Å². The number of nitrogens with one attached hydrogen (secondary N) is 1. The summed E-state index contributed by atoms with van der Waals surface area (Å²) in [5, 5.41) is 3.23. The summed E-state index contributed by atoms with van der Waals surface area (Å²) in [6, 6.07) is 5.77. The number of nitrogens with zero attached hydrogens (tertiary/aromatic N) is 1. The minimum atomic E-state index is 0.108. The van der Waals surface area contributed by atoms with Crippen molar-refractivity contribution in [2.24, 2.45) is 0 Å². The second-order valence-corrected chi connectivity index (χ2v) is 7.88. The van der Waals surface area contributed by atoms with E-state index in [2.05, 4.69) is 10.2 Å². The fourth-order valence-electron chi connectivity index (χ4n) is 4.47. The standard InChI is InChI=1S/C22H34N2O4/c1-26-19-14-18(15-20(16-19)27-2)6-7-21(25)23-17-22(8-4-3-5-9-22)24-10-12-28-13-11-24/h14-16H,3-13,17H2,1-2H3,(H,23,25). The van der Waals surface area contributed by atoms with Crippen LogP contribution in [0.2, 0.25) is 0 Å². The molecular weight excluding hydrogens is 356 g/mol. The van der Waals surface area contributed by atoms with Crippen molar-refractivity contribution >= 4 is 5.91 Å². The third-order valence-electron chi connectivity index (χ3n) is 6.13. The Hall–Kier alpha value is -1.79. The molecule has 0 radical (unpaired) electrons. The molecule has 1 aromatic carbocycles. The Kier molecular flexibility index (Phi) is 7.57. The van der Waals surface area contributed by atoms with Gasteiger partial charge in [-0.1, -0.05) is 19.3 Å². The van der Waals surface area contributed by atoms with Crippen LogP contribution in [0.25, 0.3) is 0 Å². The fourth-order valence-corrected chi connectivity index (χ4v) is 4.47. The van der Waals surface area contributed by atoms with Crippen LogP contribution >= 0.6 is 0 Å². The Labute approximate surface area is 168 Å². The van der Waals surface area contributed by atoms with Crippen LogP contribution in [0.1, 0.15) is 44.1 Å². The number of benzene rings is 1. The van der Waals surface area contributed by atoms with Crippen molar-refractivity contribution < 1.29 is 19.0 Å². The van der Waals surface area contributed by atoms with Crippen molar-refractivity contribution in [1.29, 1.82) is 0 Å². The van der Waals surface area contributed by atoms with E-state index in [4.69, 9.17) is 14.2 Å². The van der Waals surface area contributed by atoms with Crippen molar-refractivity contribution in [2.75, 3.05) is 47.1 Å². The molecule has 6 heteroatoms. The lowest BCUT2D eigenvalue weighted by Gasteiger charge is -2.48. The van der Waals surface area contributed by atoms with Gasteiger partial charge >= 0.3 is 0 Å². The summed E-state index contributed by atoms with van der Waals surface area (Å²) in [5.74, 6) is 1.62. The highest BCUT2D eigenvalue weighted by Gasteiger charge is 2.38. The normalized spacial score (nSPS) is 19.8. The van der Waals surface area contributed by atoms with Crippen molar-refractivity contribution in [3.8, 4) is 11.5 Å². The SMILES string of the molecule is COc1cc(CCC(=O)NCC2(N3CCOCC3)CCCCC2)cc(OC)c1. The van der Waals surface area contributed by atoms with E-state index in [1.807, 2.05) is 18.2 Å². The molecule has 0 aromatic heterocycles. The predicted molar refractivity (Wildman–Crippen MR) is 109 cm³/mol. The molecule has 1 aliphatic heterocycles. The number of amides is 1. The number of rotatable bonds is 8. The molecule has 0 bridgehead atoms. The minimum absolute atomic E-state index is 0.108. The van der Waals surface area contributed by atoms with Crippen molar-refractivity contribution in [1.82, 2.24) is 10.2 Å². The van der Waals surface area contributed by atoms with Gasteiger partial charge in [0, 0.05) is 37.7 Å². The van der Waals surface area contributed by atoms with Crippen molar-refractivity contribution in [3.63, 3.8) is 0 Å². The molecule has 0 spiro atoms. The lowest BCUT2D eigenvalue weighted by molar-refractivity contribution is -0.122. The Morgan fingerprint density at radius 3 is 2.32 bits per heavy atom. The smallest absolute Gasteiger partial charge is 0.220 e. The quantitative estimate of drug-likeness (QED) is 0.740. The van der Waals surface area contributed by atoms with Crippen molar-refractivity contribution in [3.05, 3.63) is 23.8 Å². The van der Waals surface area contributed by atoms with E-state index in [1.165, 1.54) is 32.1 Å². The number of carbonyl (C=O) groups excluding carboxylic acids is 1. The van der Waals surface area contributed by atoms with Gasteiger partial charge in [-0.25, -0.2) is 0 Å². The van der Waals surface area contributed by atoms with Gasteiger partial charge in [-0.2, -0.15) is 0 Å². The summed E-state index contributed by atoms with van der Waals surface area (Å²) in [7, 11) is 3.28. The third kappa shape index (κ3) is 5.39. The van der Waals surface area contributed by atoms with E-state index in [-0.39, 0.29) is 11.4 Å². The van der Waals surface area contributed by atoms with Gasteiger partial charge in [-0.05, 0) is 37.0 Å². The van der Waals surface area contributed by atoms with E-state index in [0.29, 0.717) is 12.8 Å². The monoisotopic (exact) mass is 390 g/mol. The van der Waals surface area contributed by atoms with Gasteiger partial charge in [0.05, 0.1) is 27.4 Å². The first-order chi connectivity index (χ1) is 13.6. The van der Waals surface area contributed by atoms with Gasteiger partial charge in [0.2, 0.25) is 5.91 Å². The largest absolute Gasteiger partial charge is 0.497 e. The molecule has 1 aliphatic carbocycles. The topological polar surface area (TPSA) is 60.0 Å². The second kappa shape index (κ2) is 10.1. The molecule has 2 aliphatic rings. The van der Waals surface area contributed by atoms with Crippen LogP contribution in [0.4, 0.5) is 0 Å². The lowest BCUT2D eigenvalue weighted by atomic mass is 9.79. The van der Waals surface area contributed by atoms with Crippen LogP contribution in [0.5, 0.6) is 11.5 Å². The Bertz CT molecular complexity index is 615. The maximum Gasteiger partial charge on any atom is 0.220 e. The molecule has 1 heterocycles. The Morgan fingerprint density at radius 2 is 1.71 bits per heavy atom. The summed E-state index contributed by atoms with van der Waals surface area (Å²) in [6.45, 7) is 4.28. The lowest BCUT2D eigenvalue weighted by Crippen LogP contribution is -2.59. The second-order valence-electron chi connectivity index (χ2n) is 7.88. The van der Waals surface area contributed by atoms with Crippen LogP contribution in [0.15, 0.2) is 18.2 Å². The maximum absolute atomic E-state index is 12.6. The summed E-state index contributed by atoms with van der Waals surface area (Å²) < 4.78 is 16.2. The van der Waals surface area contributed by atoms with Gasteiger partial charge in [0.1, 0.15) is 11.5 Å². The number of morpholine rings is 1. The van der Waals surface area contributed by atoms with Crippen LogP contribution in [0.3, 0.4) is 0 Å². The number of methoxy groups -OCH3 is 2. The molecule has 6 nitrogen and oxygen atoms in total. The number of hydrogen-bond donors (Lipinski definition) is 1. The first-order valence-corrected chi connectivity index (χ1v) is 10.5. The minimum Gasteiger partial charge on any atom is -0.497 e. The Morgan fingerprint density at radius 1 is 1.07 bits per heavy atom. The molecule has 0 atom stereocenters. The predicted octanol–water partition coefficient (Wildman–Crippen LogP) is 2.79. The highest BCUT2D eigenvalue weighted by molar-refractivity contribution is 5.76. The fraction of sp³-hybridized carbons (Fsp3) is 0.682. The zero-order valence-corrected chi connectivity index (χ0v) is 17.3. The van der Waals surface area contributed by atoms with Crippen LogP contribution < -0.4 is 14.8 Å². The van der Waals surface area contributed by atoms with Crippen molar-refractivity contribution in [2.45, 2.75) is 50.5 Å². The van der Waals surface area contributed by atoms with Crippen LogP contribution in [-0.2, 0) is 16.0 Å². The molecule has 3 rings (SSSR count). The number of aryl methyl sites for hydroxylation is 1. The number of hydrogen-bond acceptors (Lipinski definition) is 5. The maximum atomic E-state index is 12.6. The molecule has 1 aromatic rings. The summed E-state index contributed by atoms with van der Waals surface area (Å²) >= 11 is 0. The molecule has 1 N–H and O–H groups in total. The first-order valence-electron chi connectivity index (χ1n) is 10.5. The average Bonchev–Trinajstić information content (AvgIpc) is 2.77. The van der Waals surface area contributed by atoms with Crippen LogP contribution in [0, 0.1) is 0 Å². The summed E-state index contributed by atoms with van der Waals surface area (Å²) in [6.07, 6.45) is 7.27. The van der Waals surface area contributed by atoms with Gasteiger partial charge in [0.15, 0.2) is 0 Å². The molecule has 2 fully saturated rings. The number of ether oxygens (including phenoxy) is 3. The van der Waals surface area contributed by atoms with E-state index in [0.717, 1.165) is 49.9 Å². The molecule has 156 valence electrons. The third-order valence-corrected chi connectivity index (χ3v) is 6.13. The molecule has 0 unspecified atom stereocenters. The molecular formula is C22H34N2O4. The Balaban J connectivity index is 1.55. The molecule has 1 amide bonds. The highest BCUT2D eigenvalue weighted by atomic mass is 16.5. The van der Waals surface area contributed by atoms with E-state index in [1.54, 1.807) is 14.2 Å². The average molecular weight is 391 g/mol. The summed E-state index contributed by atoms with van der Waals surface area (Å²) in [5.41, 5.74) is 1.16. The summed E-state index contributed by atoms with van der Waals surface area (Å²) in [4.78, 5) is 15.1.